The molecule has 0 atom stereocenters. The van der Waals surface area contributed by atoms with Gasteiger partial charge in [0.05, 0.1) is 9.74 Å². The van der Waals surface area contributed by atoms with Crippen molar-refractivity contribution in [3.63, 3.8) is 0 Å². The summed E-state index contributed by atoms with van der Waals surface area (Å²) < 4.78 is -0.624. The van der Waals surface area contributed by atoms with Crippen LogP contribution in [0.4, 0.5) is 0 Å². The van der Waals surface area contributed by atoms with Crippen LogP contribution in [-0.2, 0) is 9.59 Å². The number of alkyl halides is 1. The molecule has 0 rings (SSSR count). The number of hydrogen-bond acceptors (Lipinski definition) is 2. The number of primary amides is 1. The predicted molar refractivity (Wildman–Crippen MR) is 59.0 cm³/mol. The van der Waals surface area contributed by atoms with Gasteiger partial charge in [-0.15, -0.1) is 0 Å². The number of halogens is 1. The Morgan fingerprint density at radius 2 is 1.71 bits per heavy atom. The van der Waals surface area contributed by atoms with Gasteiger partial charge in [0.15, 0.2) is 0 Å². The maximum atomic E-state index is 11.4. The molecular weight excluding hydrogens is 248 g/mol. The molecule has 0 aliphatic heterocycles. The van der Waals surface area contributed by atoms with Gasteiger partial charge in [-0.1, -0.05) is 15.9 Å². The van der Waals surface area contributed by atoms with Crippen LogP contribution in [-0.4, -0.2) is 22.7 Å². The first-order chi connectivity index (χ1) is 6.07. The normalized spacial score (nSPS) is 12.4. The Balaban J connectivity index is 4.21. The zero-order valence-electron chi connectivity index (χ0n) is 8.98. The van der Waals surface area contributed by atoms with Crippen molar-refractivity contribution < 1.29 is 9.59 Å². The quantitative estimate of drug-likeness (QED) is 0.737. The third-order valence-electron chi connectivity index (χ3n) is 1.90. The summed E-state index contributed by atoms with van der Waals surface area (Å²) in [6, 6.07) is 0. The van der Waals surface area contributed by atoms with E-state index < -0.39 is 15.6 Å². The molecule has 3 N–H and O–H groups in total. The van der Waals surface area contributed by atoms with E-state index in [4.69, 9.17) is 5.73 Å². The van der Waals surface area contributed by atoms with Gasteiger partial charge >= 0.3 is 0 Å². The van der Waals surface area contributed by atoms with Crippen LogP contribution >= 0.6 is 15.9 Å². The van der Waals surface area contributed by atoms with Crippen LogP contribution in [0.25, 0.3) is 0 Å². The molecule has 0 heterocycles. The fourth-order valence-corrected chi connectivity index (χ4v) is 0.739. The number of amides is 2. The van der Waals surface area contributed by atoms with Crippen molar-refractivity contribution in [3.8, 4) is 0 Å². The van der Waals surface area contributed by atoms with E-state index in [-0.39, 0.29) is 12.5 Å². The van der Waals surface area contributed by atoms with Gasteiger partial charge in [0.25, 0.3) is 0 Å². The van der Waals surface area contributed by atoms with E-state index in [1.54, 1.807) is 27.7 Å². The molecule has 0 aromatic rings. The average molecular weight is 265 g/mol. The van der Waals surface area contributed by atoms with Crippen molar-refractivity contribution in [1.82, 2.24) is 5.32 Å². The predicted octanol–water partition coefficient (Wildman–Crippen LogP) is 0.788. The first-order valence-electron chi connectivity index (χ1n) is 4.34. The third kappa shape index (κ3) is 4.09. The summed E-state index contributed by atoms with van der Waals surface area (Å²) in [7, 11) is 0. The molecule has 4 nitrogen and oxygen atoms in total. The lowest BCUT2D eigenvalue weighted by Gasteiger charge is -2.23. The molecular formula is C9H17BrN2O2. The van der Waals surface area contributed by atoms with Gasteiger partial charge in [-0.25, -0.2) is 0 Å². The SMILES string of the molecule is CC(C)(Br)C(=O)NCC(C)(C)C(N)=O. The van der Waals surface area contributed by atoms with E-state index in [9.17, 15) is 9.59 Å². The summed E-state index contributed by atoms with van der Waals surface area (Å²) in [4.78, 5) is 22.4. The summed E-state index contributed by atoms with van der Waals surface area (Å²) in [5, 5.41) is 2.66. The number of carbonyl (C=O) groups excluding carboxylic acids is 2. The van der Waals surface area contributed by atoms with Crippen molar-refractivity contribution in [2.45, 2.75) is 32.0 Å². The molecule has 0 saturated heterocycles. The molecule has 0 aromatic heterocycles. The molecule has 0 aliphatic carbocycles. The minimum absolute atomic E-state index is 0.160. The van der Waals surface area contributed by atoms with Crippen LogP contribution in [0.2, 0.25) is 0 Å². The second-order valence-electron chi connectivity index (χ2n) is 4.40. The maximum Gasteiger partial charge on any atom is 0.236 e. The Hall–Kier alpha value is -0.580. The zero-order chi connectivity index (χ0) is 11.6. The van der Waals surface area contributed by atoms with Gasteiger partial charge in [-0.05, 0) is 27.7 Å². The Kier molecular flexibility index (Phi) is 4.12. The topological polar surface area (TPSA) is 72.2 Å². The first kappa shape index (κ1) is 13.4. The lowest BCUT2D eigenvalue weighted by molar-refractivity contribution is -0.127. The molecule has 0 unspecified atom stereocenters. The maximum absolute atomic E-state index is 11.4. The number of carbonyl (C=O) groups is 2. The number of nitrogens with one attached hydrogen (secondary N) is 1. The molecule has 82 valence electrons. The van der Waals surface area contributed by atoms with Crippen LogP contribution in [0.5, 0.6) is 0 Å². The molecule has 0 aliphatic rings. The van der Waals surface area contributed by atoms with Crippen molar-refractivity contribution in [2.75, 3.05) is 6.54 Å². The van der Waals surface area contributed by atoms with Gasteiger partial charge in [0.2, 0.25) is 11.8 Å². The van der Waals surface area contributed by atoms with Crippen molar-refractivity contribution in [3.05, 3.63) is 0 Å². The van der Waals surface area contributed by atoms with Gasteiger partial charge < -0.3 is 11.1 Å². The van der Waals surface area contributed by atoms with Crippen molar-refractivity contribution in [1.29, 1.82) is 0 Å². The highest BCUT2D eigenvalue weighted by atomic mass is 79.9. The zero-order valence-corrected chi connectivity index (χ0v) is 10.6. The molecule has 0 aromatic carbocycles. The van der Waals surface area contributed by atoms with E-state index in [1.165, 1.54) is 0 Å². The van der Waals surface area contributed by atoms with E-state index in [2.05, 4.69) is 21.2 Å². The van der Waals surface area contributed by atoms with Gasteiger partial charge in [0.1, 0.15) is 0 Å². The lowest BCUT2D eigenvalue weighted by atomic mass is 9.92. The highest BCUT2D eigenvalue weighted by Crippen LogP contribution is 2.17. The van der Waals surface area contributed by atoms with E-state index >= 15 is 0 Å². The molecule has 14 heavy (non-hydrogen) atoms. The molecule has 0 fully saturated rings. The summed E-state index contributed by atoms with van der Waals surface area (Å²) in [5.41, 5.74) is 4.45. The molecule has 0 saturated carbocycles. The van der Waals surface area contributed by atoms with Gasteiger partial charge in [-0.2, -0.15) is 0 Å². The fourth-order valence-electron chi connectivity index (χ4n) is 0.599. The molecule has 0 spiro atoms. The van der Waals surface area contributed by atoms with E-state index in [1.807, 2.05) is 0 Å². The highest BCUT2D eigenvalue weighted by molar-refractivity contribution is 9.10. The van der Waals surface area contributed by atoms with E-state index in [0.717, 1.165) is 0 Å². The summed E-state index contributed by atoms with van der Waals surface area (Å²) >= 11 is 3.22. The van der Waals surface area contributed by atoms with E-state index in [0.29, 0.717) is 0 Å². The molecule has 5 heteroatoms. The smallest absolute Gasteiger partial charge is 0.236 e. The largest absolute Gasteiger partial charge is 0.369 e. The number of nitrogens with two attached hydrogens (primary N) is 1. The third-order valence-corrected chi connectivity index (χ3v) is 2.26. The first-order valence-corrected chi connectivity index (χ1v) is 5.14. The molecule has 0 radical (unpaired) electrons. The van der Waals surface area contributed by atoms with Crippen LogP contribution in [0.1, 0.15) is 27.7 Å². The van der Waals surface area contributed by atoms with Crippen LogP contribution in [0.3, 0.4) is 0 Å². The Labute approximate surface area is 92.7 Å². The summed E-state index contributed by atoms with van der Waals surface area (Å²) in [6.07, 6.45) is 0. The highest BCUT2D eigenvalue weighted by Gasteiger charge is 2.29. The Bertz CT molecular complexity index is 244. The lowest BCUT2D eigenvalue weighted by Crippen LogP contribution is -2.46. The van der Waals surface area contributed by atoms with Crippen molar-refractivity contribution >= 4 is 27.7 Å². The Morgan fingerprint density at radius 1 is 1.29 bits per heavy atom. The van der Waals surface area contributed by atoms with Gasteiger partial charge in [-0.3, -0.25) is 9.59 Å². The molecule has 2 amide bonds. The number of rotatable bonds is 4. The minimum Gasteiger partial charge on any atom is -0.369 e. The van der Waals surface area contributed by atoms with Crippen molar-refractivity contribution in [2.24, 2.45) is 11.1 Å². The fraction of sp³-hybridized carbons (Fsp3) is 0.778. The molecule has 0 bridgehead atoms. The standard InChI is InChI=1S/C9H17BrN2O2/c1-8(2,6(11)13)5-12-7(14)9(3,4)10/h5H2,1-4H3,(H2,11,13)(H,12,14). The second-order valence-corrected chi connectivity index (χ2v) is 6.39. The summed E-state index contributed by atoms with van der Waals surface area (Å²) in [5.74, 6) is -0.586. The minimum atomic E-state index is -0.714. The average Bonchev–Trinajstić information content (AvgIpc) is 1.98. The number of hydrogen-bond donors (Lipinski definition) is 2. The Morgan fingerprint density at radius 3 is 2.00 bits per heavy atom. The van der Waals surface area contributed by atoms with Crippen LogP contribution < -0.4 is 11.1 Å². The van der Waals surface area contributed by atoms with Gasteiger partial charge in [0, 0.05) is 6.54 Å². The second kappa shape index (κ2) is 4.29. The van der Waals surface area contributed by atoms with Crippen LogP contribution in [0.15, 0.2) is 0 Å². The van der Waals surface area contributed by atoms with Crippen LogP contribution in [0, 0.1) is 5.41 Å². The summed E-state index contributed by atoms with van der Waals surface area (Å²) in [6.45, 7) is 7.10. The monoisotopic (exact) mass is 264 g/mol.